The summed E-state index contributed by atoms with van der Waals surface area (Å²) in [6.07, 6.45) is 0. The van der Waals surface area contributed by atoms with Crippen LogP contribution in [0.4, 0.5) is 0 Å². The van der Waals surface area contributed by atoms with Gasteiger partial charge in [-0.05, 0) is 124 Å². The predicted molar refractivity (Wildman–Crippen MR) is 393 cm³/mol. The van der Waals surface area contributed by atoms with E-state index in [4.69, 9.17) is 19.9 Å². The second kappa shape index (κ2) is 23.3. The fourth-order valence-corrected chi connectivity index (χ4v) is 15.6. The number of hydrogen-bond acceptors (Lipinski definition) is 4. The first-order valence-electron chi connectivity index (χ1n) is 32.9. The molecule has 0 unspecified atom stereocenters. The van der Waals surface area contributed by atoms with Crippen LogP contribution in [0.3, 0.4) is 0 Å². The lowest BCUT2D eigenvalue weighted by molar-refractivity contribution is 0.768. The molecule has 2 aliphatic rings. The van der Waals surface area contributed by atoms with Gasteiger partial charge in [0.05, 0.1) is 33.6 Å². The normalized spacial score (nSPS) is 13.0. The Morgan fingerprint density at radius 3 is 0.865 bits per heavy atom. The third-order valence-electron chi connectivity index (χ3n) is 19.9. The summed E-state index contributed by atoms with van der Waals surface area (Å²) in [5, 5.41) is 2.36. The number of aromatic nitrogens is 4. The fraction of sp³-hybridized carbons (Fsp3) is 0.0217. The lowest BCUT2D eigenvalue weighted by Gasteiger charge is -2.34. The summed E-state index contributed by atoms with van der Waals surface area (Å²) in [4.78, 5) is 21.5. The van der Waals surface area contributed by atoms with Crippen LogP contribution in [0.1, 0.15) is 44.5 Å². The van der Waals surface area contributed by atoms with E-state index >= 15 is 0 Å². The van der Waals surface area contributed by atoms with E-state index < -0.39 is 10.8 Å². The number of fused-ring (bicyclic) bond motifs is 7. The van der Waals surface area contributed by atoms with E-state index in [1.165, 1.54) is 77.5 Å². The lowest BCUT2D eigenvalue weighted by atomic mass is 9.67. The monoisotopic (exact) mass is 1220 g/mol. The van der Waals surface area contributed by atoms with E-state index in [1.807, 2.05) is 6.07 Å². The van der Waals surface area contributed by atoms with Gasteiger partial charge in [-0.15, -0.1) is 0 Å². The minimum Gasteiger partial charge on any atom is -0.228 e. The zero-order valence-electron chi connectivity index (χ0n) is 52.4. The van der Waals surface area contributed by atoms with Crippen molar-refractivity contribution in [2.45, 2.75) is 10.8 Å². The number of hydrogen-bond donors (Lipinski definition) is 0. The summed E-state index contributed by atoms with van der Waals surface area (Å²) < 4.78 is 0. The SMILES string of the molecule is c1ccc(-c2cc(-c3ccc(-c4cccc5c(-c6ccc(-c7cc(-c8ccc9c(c8)C(c8ccccc8)(c8ccccc8)c8ccccc8-9)nc(-c8ccccc8)n7)cc6)cccc45)cc3)nc(-c3ccc4c(c3)C(c3ccccc3)(c3ccccc3)c3ccccc3-4)n2)cc1. The Hall–Kier alpha value is -12.5. The summed E-state index contributed by atoms with van der Waals surface area (Å²) >= 11 is 0. The third-order valence-corrected chi connectivity index (χ3v) is 19.9. The largest absolute Gasteiger partial charge is 0.228 e. The van der Waals surface area contributed by atoms with E-state index in [9.17, 15) is 0 Å². The van der Waals surface area contributed by atoms with Gasteiger partial charge >= 0.3 is 0 Å². The molecule has 0 radical (unpaired) electrons. The Labute approximate surface area is 559 Å². The van der Waals surface area contributed by atoms with Crippen LogP contribution in [-0.4, -0.2) is 19.9 Å². The molecule has 18 rings (SSSR count). The number of rotatable bonds is 12. The molecule has 0 saturated carbocycles. The molecule has 0 fully saturated rings. The number of nitrogens with zero attached hydrogens (tertiary/aromatic N) is 4. The van der Waals surface area contributed by atoms with Gasteiger partial charge < -0.3 is 0 Å². The van der Waals surface area contributed by atoms with E-state index in [0.717, 1.165) is 78.4 Å². The number of benzene rings is 14. The van der Waals surface area contributed by atoms with Gasteiger partial charge in [-0.25, -0.2) is 19.9 Å². The van der Waals surface area contributed by atoms with Crippen LogP contribution in [-0.2, 0) is 10.8 Å². The molecule has 2 heterocycles. The first-order valence-corrected chi connectivity index (χ1v) is 32.9. The highest BCUT2D eigenvalue weighted by atomic mass is 14.9. The summed E-state index contributed by atoms with van der Waals surface area (Å²) in [6, 6.07) is 132. The molecular weight excluding hydrogens is 1160 g/mol. The Morgan fingerprint density at radius 1 is 0.167 bits per heavy atom. The second-order valence-electron chi connectivity index (χ2n) is 25.1. The lowest BCUT2D eigenvalue weighted by Crippen LogP contribution is -2.28. The quantitative estimate of drug-likeness (QED) is 0.122. The van der Waals surface area contributed by atoms with E-state index in [-0.39, 0.29) is 0 Å². The minimum absolute atomic E-state index is 0.537. The first-order chi connectivity index (χ1) is 47.6. The summed E-state index contributed by atoms with van der Waals surface area (Å²) in [5.74, 6) is 1.35. The molecule has 4 heteroatoms. The van der Waals surface area contributed by atoms with Crippen molar-refractivity contribution in [3.05, 3.63) is 408 Å². The molecule has 0 saturated heterocycles. The maximum absolute atomic E-state index is 5.45. The molecule has 448 valence electrons. The molecule has 96 heavy (non-hydrogen) atoms. The van der Waals surface area contributed by atoms with Gasteiger partial charge in [-0.2, -0.15) is 0 Å². The van der Waals surface area contributed by atoms with Crippen molar-refractivity contribution >= 4 is 10.8 Å². The Morgan fingerprint density at radius 2 is 0.448 bits per heavy atom. The van der Waals surface area contributed by atoms with Crippen LogP contribution in [0.2, 0.25) is 0 Å². The fourth-order valence-electron chi connectivity index (χ4n) is 15.6. The highest BCUT2D eigenvalue weighted by Crippen LogP contribution is 2.58. The second-order valence-corrected chi connectivity index (χ2v) is 25.1. The van der Waals surface area contributed by atoms with Gasteiger partial charge in [0.1, 0.15) is 0 Å². The highest BCUT2D eigenvalue weighted by molar-refractivity contribution is 6.05. The average Bonchev–Trinajstić information content (AvgIpc) is 1.41. The van der Waals surface area contributed by atoms with Gasteiger partial charge in [0, 0.05) is 33.4 Å². The Kier molecular flexibility index (Phi) is 13.6. The predicted octanol–water partition coefficient (Wildman–Crippen LogP) is 22.5. The van der Waals surface area contributed by atoms with Crippen LogP contribution in [0.5, 0.6) is 0 Å². The van der Waals surface area contributed by atoms with Crippen molar-refractivity contribution in [1.82, 2.24) is 19.9 Å². The minimum atomic E-state index is -0.549. The molecule has 0 amide bonds. The van der Waals surface area contributed by atoms with Crippen molar-refractivity contribution in [2.75, 3.05) is 0 Å². The third kappa shape index (κ3) is 9.21. The van der Waals surface area contributed by atoms with Crippen LogP contribution >= 0.6 is 0 Å². The smallest absolute Gasteiger partial charge is 0.160 e. The zero-order chi connectivity index (χ0) is 63.6. The van der Waals surface area contributed by atoms with Crippen molar-refractivity contribution < 1.29 is 0 Å². The molecule has 0 spiro atoms. The Balaban J connectivity index is 0.689. The van der Waals surface area contributed by atoms with Crippen LogP contribution in [0.25, 0.3) is 123 Å². The van der Waals surface area contributed by atoms with Gasteiger partial charge in [0.2, 0.25) is 0 Å². The molecule has 0 bridgehead atoms. The molecule has 0 aliphatic heterocycles. The van der Waals surface area contributed by atoms with Gasteiger partial charge in [0.15, 0.2) is 11.6 Å². The summed E-state index contributed by atoms with van der Waals surface area (Å²) in [7, 11) is 0. The van der Waals surface area contributed by atoms with Gasteiger partial charge in [-0.3, -0.25) is 0 Å². The van der Waals surface area contributed by atoms with Crippen molar-refractivity contribution in [3.8, 4) is 112 Å². The standard InChI is InChI=1S/C92H60N4/c1-7-25-63(26-8-1)85-59-86(95-90(94-85)68-54-56-80-78-38-20-22-44-82(78)92(84(80)58-68,71-33-15-5-16-34-71)72-35-17-6-18-36-72)64-49-45-61(46-50-64)73-39-23-42-76-74(40-24-41-75(73)76)62-47-51-65(52-48-62)87-60-88(96-89(93-87)66-27-9-2-10-28-66)67-53-55-79-77-37-19-21-43-81(77)91(83(79)57-67,69-29-11-3-12-30-69)70-31-13-4-14-32-70/h1-60H. The van der Waals surface area contributed by atoms with E-state index in [2.05, 4.69) is 358 Å². The molecule has 0 N–H and O–H groups in total. The maximum Gasteiger partial charge on any atom is 0.160 e. The summed E-state index contributed by atoms with van der Waals surface area (Å²) in [5.41, 5.74) is 27.8. The van der Waals surface area contributed by atoms with Crippen molar-refractivity contribution in [3.63, 3.8) is 0 Å². The van der Waals surface area contributed by atoms with E-state index in [1.54, 1.807) is 0 Å². The molecule has 14 aromatic carbocycles. The first kappa shape index (κ1) is 56.3. The van der Waals surface area contributed by atoms with Crippen LogP contribution < -0.4 is 0 Å². The van der Waals surface area contributed by atoms with Crippen molar-refractivity contribution in [1.29, 1.82) is 0 Å². The molecular formula is C92H60N4. The molecule has 2 aliphatic carbocycles. The van der Waals surface area contributed by atoms with E-state index in [0.29, 0.717) is 11.6 Å². The van der Waals surface area contributed by atoms with Gasteiger partial charge in [-0.1, -0.05) is 340 Å². The maximum atomic E-state index is 5.45. The van der Waals surface area contributed by atoms with Crippen LogP contribution in [0.15, 0.2) is 364 Å². The van der Waals surface area contributed by atoms with Crippen LogP contribution in [0, 0.1) is 0 Å². The van der Waals surface area contributed by atoms with Crippen molar-refractivity contribution in [2.24, 2.45) is 0 Å². The highest BCUT2D eigenvalue weighted by Gasteiger charge is 2.48. The molecule has 16 aromatic rings. The molecule has 2 aromatic heterocycles. The summed E-state index contributed by atoms with van der Waals surface area (Å²) in [6.45, 7) is 0. The zero-order valence-corrected chi connectivity index (χ0v) is 52.4. The molecule has 4 nitrogen and oxygen atoms in total. The topological polar surface area (TPSA) is 51.6 Å². The van der Waals surface area contributed by atoms with Gasteiger partial charge in [0.25, 0.3) is 0 Å². The molecule has 0 atom stereocenters. The average molecular weight is 1220 g/mol. The Bertz CT molecular complexity index is 5170.